The van der Waals surface area contributed by atoms with Crippen molar-refractivity contribution >= 4 is 11.6 Å². The number of fused-ring (bicyclic) bond motifs is 1. The van der Waals surface area contributed by atoms with E-state index in [1.807, 2.05) is 12.1 Å². The monoisotopic (exact) mass is 260 g/mol. The summed E-state index contributed by atoms with van der Waals surface area (Å²) in [5.74, 6) is 0.0155. The quantitative estimate of drug-likeness (QED) is 0.854. The molecule has 2 aliphatic rings. The van der Waals surface area contributed by atoms with Gasteiger partial charge in [-0.05, 0) is 37.3 Å². The lowest BCUT2D eigenvalue weighted by atomic mass is 9.98. The highest BCUT2D eigenvalue weighted by molar-refractivity contribution is 6.00. The Morgan fingerprint density at radius 1 is 1.37 bits per heavy atom. The normalized spacial score (nSPS) is 22.2. The van der Waals surface area contributed by atoms with Crippen LogP contribution in [0.4, 0.5) is 5.69 Å². The van der Waals surface area contributed by atoms with E-state index in [0.29, 0.717) is 6.61 Å². The number of amides is 1. The predicted octanol–water partition coefficient (Wildman–Crippen LogP) is 1.95. The van der Waals surface area contributed by atoms with Gasteiger partial charge in [0.2, 0.25) is 0 Å². The van der Waals surface area contributed by atoms with Gasteiger partial charge in [-0.1, -0.05) is 12.1 Å². The minimum absolute atomic E-state index is 0.0155. The molecular weight excluding hydrogens is 240 g/mol. The van der Waals surface area contributed by atoms with Crippen molar-refractivity contribution in [3.8, 4) is 0 Å². The van der Waals surface area contributed by atoms with Crippen LogP contribution in [0.5, 0.6) is 0 Å². The number of carbonyl (C=O) groups is 1. The number of rotatable bonds is 2. The number of ether oxygens (including phenoxy) is 1. The van der Waals surface area contributed by atoms with Crippen molar-refractivity contribution in [1.29, 1.82) is 0 Å². The number of para-hydroxylation sites is 1. The van der Waals surface area contributed by atoms with Gasteiger partial charge in [0.25, 0.3) is 5.91 Å². The predicted molar refractivity (Wildman–Crippen MR) is 74.6 cm³/mol. The summed E-state index contributed by atoms with van der Waals surface area (Å²) in [6, 6.07) is 6.12. The molecule has 4 nitrogen and oxygen atoms in total. The number of hydrogen-bond donors (Lipinski definition) is 2. The SMILES string of the molecule is O=C(NC1CCCOC1)c1cccc2c1NCCC2. The van der Waals surface area contributed by atoms with Crippen LogP contribution >= 0.6 is 0 Å². The van der Waals surface area contributed by atoms with Crippen LogP contribution in [-0.2, 0) is 11.2 Å². The molecule has 0 radical (unpaired) electrons. The Kier molecular flexibility index (Phi) is 3.69. The highest BCUT2D eigenvalue weighted by Crippen LogP contribution is 2.26. The first-order chi connectivity index (χ1) is 9.34. The molecule has 1 amide bonds. The molecular formula is C15H20N2O2. The fourth-order valence-corrected chi connectivity index (χ4v) is 2.82. The van der Waals surface area contributed by atoms with Crippen molar-refractivity contribution < 1.29 is 9.53 Å². The zero-order chi connectivity index (χ0) is 13.1. The summed E-state index contributed by atoms with van der Waals surface area (Å²) in [6.07, 6.45) is 4.22. The summed E-state index contributed by atoms with van der Waals surface area (Å²) in [6.45, 7) is 2.40. The van der Waals surface area contributed by atoms with Crippen molar-refractivity contribution in [2.75, 3.05) is 25.1 Å². The van der Waals surface area contributed by atoms with Crippen LogP contribution in [0.15, 0.2) is 18.2 Å². The third-order valence-corrected chi connectivity index (χ3v) is 3.82. The number of aryl methyl sites for hydroxylation is 1. The van der Waals surface area contributed by atoms with Gasteiger partial charge in [-0.15, -0.1) is 0 Å². The Hall–Kier alpha value is -1.55. The van der Waals surface area contributed by atoms with Crippen molar-refractivity contribution in [2.45, 2.75) is 31.7 Å². The van der Waals surface area contributed by atoms with E-state index >= 15 is 0 Å². The maximum absolute atomic E-state index is 12.4. The van der Waals surface area contributed by atoms with Gasteiger partial charge < -0.3 is 15.4 Å². The molecule has 0 bridgehead atoms. The highest BCUT2D eigenvalue weighted by Gasteiger charge is 2.21. The van der Waals surface area contributed by atoms with Crippen LogP contribution in [0.2, 0.25) is 0 Å². The van der Waals surface area contributed by atoms with E-state index in [1.54, 1.807) is 0 Å². The number of benzene rings is 1. The average molecular weight is 260 g/mol. The number of anilines is 1. The zero-order valence-electron chi connectivity index (χ0n) is 11.1. The second kappa shape index (κ2) is 5.61. The fraction of sp³-hybridized carbons (Fsp3) is 0.533. The molecule has 1 saturated heterocycles. The van der Waals surface area contributed by atoms with Crippen molar-refractivity contribution in [3.05, 3.63) is 29.3 Å². The van der Waals surface area contributed by atoms with E-state index < -0.39 is 0 Å². The summed E-state index contributed by atoms with van der Waals surface area (Å²) < 4.78 is 5.40. The summed E-state index contributed by atoms with van der Waals surface area (Å²) >= 11 is 0. The second-order valence-electron chi connectivity index (χ2n) is 5.26. The number of carbonyl (C=O) groups excluding carboxylic acids is 1. The molecule has 0 saturated carbocycles. The molecule has 4 heteroatoms. The van der Waals surface area contributed by atoms with Gasteiger partial charge >= 0.3 is 0 Å². The van der Waals surface area contributed by atoms with Crippen LogP contribution in [0.1, 0.15) is 35.2 Å². The van der Waals surface area contributed by atoms with Gasteiger partial charge in [0.15, 0.2) is 0 Å². The Bertz CT molecular complexity index is 467. The molecule has 3 rings (SSSR count). The Balaban J connectivity index is 1.75. The number of nitrogens with one attached hydrogen (secondary N) is 2. The summed E-state index contributed by atoms with van der Waals surface area (Å²) in [5.41, 5.74) is 3.03. The van der Waals surface area contributed by atoms with Gasteiger partial charge in [-0.25, -0.2) is 0 Å². The van der Waals surface area contributed by atoms with Crippen LogP contribution in [0, 0.1) is 0 Å². The minimum Gasteiger partial charge on any atom is -0.384 e. The molecule has 1 atom stereocenters. The first-order valence-electron chi connectivity index (χ1n) is 7.09. The topological polar surface area (TPSA) is 50.4 Å². The smallest absolute Gasteiger partial charge is 0.253 e. The molecule has 1 aromatic rings. The largest absolute Gasteiger partial charge is 0.384 e. The van der Waals surface area contributed by atoms with Crippen LogP contribution < -0.4 is 10.6 Å². The second-order valence-corrected chi connectivity index (χ2v) is 5.26. The lowest BCUT2D eigenvalue weighted by molar-refractivity contribution is 0.0624. The van der Waals surface area contributed by atoms with E-state index in [0.717, 1.165) is 50.1 Å². The molecule has 0 aliphatic carbocycles. The summed E-state index contributed by atoms with van der Waals surface area (Å²) in [7, 11) is 0. The summed E-state index contributed by atoms with van der Waals surface area (Å²) in [4.78, 5) is 12.4. The van der Waals surface area contributed by atoms with E-state index in [-0.39, 0.29) is 11.9 Å². The third kappa shape index (κ3) is 2.73. The fourth-order valence-electron chi connectivity index (χ4n) is 2.82. The molecule has 102 valence electrons. The van der Waals surface area contributed by atoms with Crippen molar-refractivity contribution in [1.82, 2.24) is 5.32 Å². The Labute approximate surface area is 113 Å². The average Bonchev–Trinajstić information content (AvgIpc) is 2.47. The Morgan fingerprint density at radius 2 is 2.32 bits per heavy atom. The van der Waals surface area contributed by atoms with E-state index in [4.69, 9.17) is 4.74 Å². The highest BCUT2D eigenvalue weighted by atomic mass is 16.5. The molecule has 1 unspecified atom stereocenters. The standard InChI is InChI=1S/C15H20N2O2/c18-15(17-12-6-3-9-19-10-12)13-7-1-4-11-5-2-8-16-14(11)13/h1,4,7,12,16H,2-3,5-6,8-10H2,(H,17,18). The lowest BCUT2D eigenvalue weighted by Gasteiger charge is -2.25. The first-order valence-corrected chi connectivity index (χ1v) is 7.09. The molecule has 1 aromatic carbocycles. The molecule has 1 fully saturated rings. The number of hydrogen-bond acceptors (Lipinski definition) is 3. The maximum atomic E-state index is 12.4. The van der Waals surface area contributed by atoms with Gasteiger partial charge in [-0.3, -0.25) is 4.79 Å². The molecule has 2 aliphatic heterocycles. The van der Waals surface area contributed by atoms with Gasteiger partial charge in [0.05, 0.1) is 23.9 Å². The maximum Gasteiger partial charge on any atom is 0.253 e. The van der Waals surface area contributed by atoms with Gasteiger partial charge in [0.1, 0.15) is 0 Å². The van der Waals surface area contributed by atoms with Crippen LogP contribution in [0.25, 0.3) is 0 Å². The molecule has 0 spiro atoms. The molecule has 2 N–H and O–H groups in total. The zero-order valence-corrected chi connectivity index (χ0v) is 11.1. The summed E-state index contributed by atoms with van der Waals surface area (Å²) in [5, 5.41) is 6.44. The minimum atomic E-state index is 0.0155. The third-order valence-electron chi connectivity index (χ3n) is 3.82. The van der Waals surface area contributed by atoms with Crippen molar-refractivity contribution in [2.24, 2.45) is 0 Å². The molecule has 2 heterocycles. The van der Waals surface area contributed by atoms with Crippen molar-refractivity contribution in [3.63, 3.8) is 0 Å². The van der Waals surface area contributed by atoms with E-state index in [9.17, 15) is 4.79 Å². The van der Waals surface area contributed by atoms with E-state index in [1.165, 1.54) is 5.56 Å². The van der Waals surface area contributed by atoms with E-state index in [2.05, 4.69) is 16.7 Å². The molecule has 19 heavy (non-hydrogen) atoms. The van der Waals surface area contributed by atoms with Gasteiger partial charge in [-0.2, -0.15) is 0 Å². The Morgan fingerprint density at radius 3 is 3.16 bits per heavy atom. The van der Waals surface area contributed by atoms with Gasteiger partial charge in [0, 0.05) is 13.2 Å². The molecule has 0 aromatic heterocycles. The lowest BCUT2D eigenvalue weighted by Crippen LogP contribution is -2.41. The van der Waals surface area contributed by atoms with Crippen LogP contribution in [-0.4, -0.2) is 31.7 Å². The first kappa shape index (κ1) is 12.5. The van der Waals surface area contributed by atoms with Crippen LogP contribution in [0.3, 0.4) is 0 Å².